The monoisotopic (exact) mass is 321 g/mol. The Morgan fingerprint density at radius 1 is 1.43 bits per heavy atom. The van der Waals surface area contributed by atoms with E-state index in [2.05, 4.69) is 15.3 Å². The molecule has 0 amide bonds. The van der Waals surface area contributed by atoms with E-state index in [-0.39, 0.29) is 16.4 Å². The van der Waals surface area contributed by atoms with Crippen molar-refractivity contribution in [3.8, 4) is 6.07 Å². The topological polar surface area (TPSA) is 122 Å². The summed E-state index contributed by atoms with van der Waals surface area (Å²) >= 11 is -1.10. The van der Waals surface area contributed by atoms with Gasteiger partial charge < -0.3 is 9.87 Å². The lowest BCUT2D eigenvalue weighted by molar-refractivity contribution is 0.537. The Morgan fingerprint density at radius 3 is 2.62 bits per heavy atom. The zero-order valence-electron chi connectivity index (χ0n) is 10.7. The number of benzene rings is 1. The number of anilines is 2. The first kappa shape index (κ1) is 15.2. The van der Waals surface area contributed by atoms with E-state index in [4.69, 9.17) is 5.26 Å². The minimum Gasteiger partial charge on any atom is -0.768 e. The number of hydrogen-bond acceptors (Lipinski definition) is 7. The van der Waals surface area contributed by atoms with Crippen molar-refractivity contribution in [1.29, 1.82) is 5.26 Å². The van der Waals surface area contributed by atoms with E-state index >= 15 is 0 Å². The summed E-state index contributed by atoms with van der Waals surface area (Å²) in [6.07, 6.45) is 1.71. The van der Waals surface area contributed by atoms with Crippen LogP contribution < -0.4 is 10.9 Å². The van der Waals surface area contributed by atoms with E-state index in [1.165, 1.54) is 23.9 Å². The van der Waals surface area contributed by atoms with Gasteiger partial charge in [0.05, 0.1) is 0 Å². The van der Waals surface area contributed by atoms with E-state index in [1.807, 2.05) is 0 Å². The lowest BCUT2D eigenvalue weighted by Crippen LogP contribution is -2.15. The maximum atomic E-state index is 11.7. The van der Waals surface area contributed by atoms with Crippen LogP contribution in [0.5, 0.6) is 0 Å². The predicted molar refractivity (Wildman–Crippen MR) is 78.3 cm³/mol. The van der Waals surface area contributed by atoms with Gasteiger partial charge >= 0.3 is 0 Å². The molecule has 0 aliphatic heterocycles. The minimum atomic E-state index is -2.29. The molecule has 0 aliphatic carbocycles. The first-order valence-electron chi connectivity index (χ1n) is 5.60. The SMILES string of the molecule is CSc1nc(Nc2ccc(S(=O)[O-])cc2)[nH]c(=O)c1C#N. The first-order chi connectivity index (χ1) is 10.0. The highest BCUT2D eigenvalue weighted by molar-refractivity contribution is 7.98. The summed E-state index contributed by atoms with van der Waals surface area (Å²) < 4.78 is 21.5. The van der Waals surface area contributed by atoms with Gasteiger partial charge in [-0.2, -0.15) is 5.26 Å². The number of H-pyrrole nitrogens is 1. The van der Waals surface area contributed by atoms with Crippen LogP contribution in [0, 0.1) is 11.3 Å². The lowest BCUT2D eigenvalue weighted by atomic mass is 10.3. The molecule has 9 heteroatoms. The Balaban J connectivity index is 2.32. The third kappa shape index (κ3) is 3.49. The third-order valence-corrected chi connectivity index (χ3v) is 3.84. The van der Waals surface area contributed by atoms with Crippen molar-refractivity contribution in [3.63, 3.8) is 0 Å². The van der Waals surface area contributed by atoms with Crippen molar-refractivity contribution >= 4 is 34.5 Å². The van der Waals surface area contributed by atoms with Crippen molar-refractivity contribution in [2.75, 3.05) is 11.6 Å². The normalized spacial score (nSPS) is 11.7. The van der Waals surface area contributed by atoms with Crippen LogP contribution in [0.25, 0.3) is 0 Å². The van der Waals surface area contributed by atoms with Crippen LogP contribution in [0.4, 0.5) is 11.6 Å². The van der Waals surface area contributed by atoms with Gasteiger partial charge in [-0.15, -0.1) is 11.8 Å². The van der Waals surface area contributed by atoms with Gasteiger partial charge in [0.1, 0.15) is 16.7 Å². The minimum absolute atomic E-state index is 0.0369. The summed E-state index contributed by atoms with van der Waals surface area (Å²) in [5, 5.41) is 12.1. The Bertz CT molecular complexity index is 781. The number of hydrogen-bond donors (Lipinski definition) is 2. The molecule has 2 rings (SSSR count). The number of nitriles is 1. The summed E-state index contributed by atoms with van der Waals surface area (Å²) in [5.74, 6) is 0.180. The predicted octanol–water partition coefficient (Wildman–Crippen LogP) is 1.35. The number of aromatic nitrogens is 2. The molecule has 2 aromatic rings. The van der Waals surface area contributed by atoms with Crippen molar-refractivity contribution in [2.24, 2.45) is 0 Å². The molecule has 108 valence electrons. The average Bonchev–Trinajstić information content (AvgIpc) is 2.47. The van der Waals surface area contributed by atoms with Gasteiger partial charge in [0.25, 0.3) is 5.56 Å². The molecule has 1 heterocycles. The summed E-state index contributed by atoms with van der Waals surface area (Å²) in [4.78, 5) is 18.5. The van der Waals surface area contributed by atoms with Crippen LogP contribution in [0.1, 0.15) is 5.56 Å². The van der Waals surface area contributed by atoms with Crippen molar-refractivity contribution < 1.29 is 8.76 Å². The van der Waals surface area contributed by atoms with Gasteiger partial charge in [0.2, 0.25) is 5.95 Å². The molecule has 0 bridgehead atoms. The first-order valence-corrected chi connectivity index (χ1v) is 7.90. The molecule has 0 aliphatic rings. The zero-order valence-corrected chi connectivity index (χ0v) is 12.4. The molecule has 2 N–H and O–H groups in total. The maximum Gasteiger partial charge on any atom is 0.271 e. The quantitative estimate of drug-likeness (QED) is 0.495. The van der Waals surface area contributed by atoms with Gasteiger partial charge in [-0.25, -0.2) is 4.98 Å². The van der Waals surface area contributed by atoms with Crippen LogP contribution in [-0.4, -0.2) is 25.0 Å². The van der Waals surface area contributed by atoms with Crippen LogP contribution in [0.15, 0.2) is 39.0 Å². The average molecular weight is 321 g/mol. The second-order valence-electron chi connectivity index (χ2n) is 3.79. The number of thioether (sulfide) groups is 1. The fraction of sp³-hybridized carbons (Fsp3) is 0.0833. The van der Waals surface area contributed by atoms with Crippen LogP contribution in [-0.2, 0) is 11.1 Å². The molecule has 0 saturated heterocycles. The third-order valence-electron chi connectivity index (χ3n) is 2.50. The van der Waals surface area contributed by atoms with E-state index in [0.717, 1.165) is 0 Å². The van der Waals surface area contributed by atoms with Crippen LogP contribution in [0.2, 0.25) is 0 Å². The molecule has 1 atom stereocenters. The van der Waals surface area contributed by atoms with Crippen molar-refractivity contribution in [1.82, 2.24) is 9.97 Å². The molecule has 0 radical (unpaired) electrons. The van der Waals surface area contributed by atoms with Gasteiger partial charge in [-0.1, -0.05) is 0 Å². The van der Waals surface area contributed by atoms with Crippen molar-refractivity contribution in [2.45, 2.75) is 9.92 Å². The Labute approximate surface area is 126 Å². The number of rotatable bonds is 4. The maximum absolute atomic E-state index is 11.7. The standard InChI is InChI=1S/C12H10N4O3S2/c1-20-11-9(6-13)10(17)15-12(16-11)14-7-2-4-8(5-3-7)21(18)19/h2-5H,1H3,(H,18,19)(H2,14,15,16,17)/p-1. The number of aromatic amines is 1. The van der Waals surface area contributed by atoms with Gasteiger partial charge in [-0.05, 0) is 41.6 Å². The summed E-state index contributed by atoms with van der Waals surface area (Å²) in [5.41, 5.74) is -0.00843. The molecule has 0 saturated carbocycles. The molecule has 7 nitrogen and oxygen atoms in total. The molecule has 1 aromatic heterocycles. The lowest BCUT2D eigenvalue weighted by Gasteiger charge is -2.09. The second kappa shape index (κ2) is 6.53. The van der Waals surface area contributed by atoms with E-state index < -0.39 is 16.6 Å². The van der Waals surface area contributed by atoms with Crippen LogP contribution in [0.3, 0.4) is 0 Å². The largest absolute Gasteiger partial charge is 0.768 e. The zero-order chi connectivity index (χ0) is 15.4. The number of nitrogens with one attached hydrogen (secondary N) is 2. The van der Waals surface area contributed by atoms with E-state index in [1.54, 1.807) is 24.5 Å². The van der Waals surface area contributed by atoms with Crippen molar-refractivity contribution in [3.05, 3.63) is 40.2 Å². The number of nitrogens with zero attached hydrogens (tertiary/aromatic N) is 2. The fourth-order valence-corrected chi connectivity index (χ4v) is 2.43. The summed E-state index contributed by atoms with van der Waals surface area (Å²) in [6.45, 7) is 0. The van der Waals surface area contributed by atoms with Gasteiger partial charge in [0, 0.05) is 10.6 Å². The van der Waals surface area contributed by atoms with Gasteiger partial charge in [0.15, 0.2) is 0 Å². The highest BCUT2D eigenvalue weighted by Gasteiger charge is 2.10. The Morgan fingerprint density at radius 2 is 2.10 bits per heavy atom. The smallest absolute Gasteiger partial charge is 0.271 e. The van der Waals surface area contributed by atoms with E-state index in [0.29, 0.717) is 10.7 Å². The molecule has 1 aromatic carbocycles. The molecular formula is C12H9N4O3S2-. The highest BCUT2D eigenvalue weighted by Crippen LogP contribution is 2.18. The fourth-order valence-electron chi connectivity index (χ4n) is 1.54. The molecule has 21 heavy (non-hydrogen) atoms. The van der Waals surface area contributed by atoms with Gasteiger partial charge in [-0.3, -0.25) is 14.0 Å². The molecular weight excluding hydrogens is 312 g/mol. The second-order valence-corrected chi connectivity index (χ2v) is 5.53. The summed E-state index contributed by atoms with van der Waals surface area (Å²) in [7, 11) is 0. The van der Waals surface area contributed by atoms with Crippen LogP contribution >= 0.6 is 11.8 Å². The highest BCUT2D eigenvalue weighted by atomic mass is 32.2. The Hall–Kier alpha value is -2.15. The molecule has 0 fully saturated rings. The summed E-state index contributed by atoms with van der Waals surface area (Å²) in [6, 6.07) is 7.73. The molecule has 1 unspecified atom stereocenters. The Kier molecular flexibility index (Phi) is 4.74. The molecule has 0 spiro atoms. The van der Waals surface area contributed by atoms with E-state index in [9.17, 15) is 13.6 Å².